The first-order chi connectivity index (χ1) is 12.6. The number of ether oxygens (including phenoxy) is 2. The summed E-state index contributed by atoms with van der Waals surface area (Å²) in [5, 5.41) is 3.52. The van der Waals surface area contributed by atoms with Gasteiger partial charge < -0.3 is 19.2 Å². The number of rotatable bonds is 6. The fourth-order valence-electron chi connectivity index (χ4n) is 2.61. The van der Waals surface area contributed by atoms with Crippen molar-refractivity contribution >= 4 is 28.5 Å². The summed E-state index contributed by atoms with van der Waals surface area (Å²) in [4.78, 5) is 24.0. The molecule has 0 bridgehead atoms. The van der Waals surface area contributed by atoms with Crippen LogP contribution in [0.15, 0.2) is 53.1 Å². The van der Waals surface area contributed by atoms with Crippen molar-refractivity contribution in [1.29, 1.82) is 0 Å². The van der Waals surface area contributed by atoms with Crippen LogP contribution in [-0.2, 0) is 20.7 Å². The minimum Gasteiger partial charge on any atom is -0.495 e. The Labute approximate surface area is 150 Å². The Kier molecular flexibility index (Phi) is 5.22. The van der Waals surface area contributed by atoms with Crippen LogP contribution in [0.25, 0.3) is 11.0 Å². The van der Waals surface area contributed by atoms with Gasteiger partial charge in [0.25, 0.3) is 5.91 Å². The van der Waals surface area contributed by atoms with Crippen LogP contribution in [0.1, 0.15) is 11.1 Å². The molecule has 0 radical (unpaired) electrons. The van der Waals surface area contributed by atoms with E-state index < -0.39 is 11.9 Å². The van der Waals surface area contributed by atoms with Crippen molar-refractivity contribution in [2.24, 2.45) is 0 Å². The number of methoxy groups -OCH3 is 1. The van der Waals surface area contributed by atoms with Gasteiger partial charge in [-0.1, -0.05) is 24.3 Å². The molecule has 0 saturated carbocycles. The Bertz CT molecular complexity index is 944. The quantitative estimate of drug-likeness (QED) is 0.687. The maximum Gasteiger partial charge on any atom is 0.310 e. The van der Waals surface area contributed by atoms with Gasteiger partial charge in [0, 0.05) is 10.9 Å². The average molecular weight is 353 g/mol. The van der Waals surface area contributed by atoms with E-state index in [0.717, 1.165) is 22.1 Å². The van der Waals surface area contributed by atoms with Crippen molar-refractivity contribution in [2.75, 3.05) is 19.0 Å². The Balaban J connectivity index is 1.55. The van der Waals surface area contributed by atoms with Crippen LogP contribution in [0.3, 0.4) is 0 Å². The molecular formula is C20H19NO5. The van der Waals surface area contributed by atoms with Gasteiger partial charge in [0.15, 0.2) is 6.61 Å². The van der Waals surface area contributed by atoms with Crippen LogP contribution in [0.5, 0.6) is 5.75 Å². The number of nitrogens with one attached hydrogen (secondary N) is 1. The van der Waals surface area contributed by atoms with Crippen molar-refractivity contribution in [1.82, 2.24) is 0 Å². The second-order valence-electron chi connectivity index (χ2n) is 5.85. The summed E-state index contributed by atoms with van der Waals surface area (Å²) < 4.78 is 15.7. The maximum atomic E-state index is 12.0. The highest BCUT2D eigenvalue weighted by Crippen LogP contribution is 2.24. The van der Waals surface area contributed by atoms with Gasteiger partial charge in [0.2, 0.25) is 0 Å². The van der Waals surface area contributed by atoms with Gasteiger partial charge in [-0.2, -0.15) is 0 Å². The van der Waals surface area contributed by atoms with E-state index >= 15 is 0 Å². The molecule has 0 aliphatic rings. The van der Waals surface area contributed by atoms with Gasteiger partial charge in [-0.05, 0) is 30.7 Å². The molecule has 1 amide bonds. The van der Waals surface area contributed by atoms with Gasteiger partial charge >= 0.3 is 5.97 Å². The standard InChI is InChI=1S/C20H19NO5/c1-13-7-8-15-14(11-25-18(15)9-13)10-20(23)26-12-19(22)21-16-5-3-4-6-17(16)24-2/h3-9,11H,10,12H2,1-2H3,(H,21,22). The summed E-state index contributed by atoms with van der Waals surface area (Å²) in [6.45, 7) is 1.60. The Hall–Kier alpha value is -3.28. The molecule has 0 aliphatic carbocycles. The lowest BCUT2D eigenvalue weighted by Crippen LogP contribution is -2.21. The molecule has 134 valence electrons. The monoisotopic (exact) mass is 353 g/mol. The van der Waals surface area contributed by atoms with Crippen LogP contribution < -0.4 is 10.1 Å². The molecule has 0 aliphatic heterocycles. The number of fused-ring (bicyclic) bond motifs is 1. The van der Waals surface area contributed by atoms with Crippen LogP contribution in [0.4, 0.5) is 5.69 Å². The third-order valence-electron chi connectivity index (χ3n) is 3.89. The predicted molar refractivity (Wildman–Crippen MR) is 97.2 cm³/mol. The molecule has 2 aromatic carbocycles. The number of benzene rings is 2. The molecule has 3 aromatic rings. The lowest BCUT2D eigenvalue weighted by atomic mass is 10.1. The summed E-state index contributed by atoms with van der Waals surface area (Å²) in [7, 11) is 1.52. The number of hydrogen-bond donors (Lipinski definition) is 1. The Morgan fingerprint density at radius 3 is 2.77 bits per heavy atom. The summed E-state index contributed by atoms with van der Waals surface area (Å²) in [6.07, 6.45) is 1.58. The fraction of sp³-hybridized carbons (Fsp3) is 0.200. The summed E-state index contributed by atoms with van der Waals surface area (Å²) in [5.74, 6) is -0.397. The summed E-state index contributed by atoms with van der Waals surface area (Å²) >= 11 is 0. The van der Waals surface area contributed by atoms with E-state index in [-0.39, 0.29) is 13.0 Å². The molecule has 0 atom stereocenters. The second kappa shape index (κ2) is 7.74. The van der Waals surface area contributed by atoms with Gasteiger partial charge in [-0.3, -0.25) is 9.59 Å². The number of aryl methyl sites for hydroxylation is 1. The largest absolute Gasteiger partial charge is 0.495 e. The van der Waals surface area contributed by atoms with E-state index in [4.69, 9.17) is 13.9 Å². The predicted octanol–water partition coefficient (Wildman–Crippen LogP) is 3.47. The zero-order valence-corrected chi connectivity index (χ0v) is 14.6. The van der Waals surface area contributed by atoms with Crippen molar-refractivity contribution in [3.05, 3.63) is 59.9 Å². The van der Waals surface area contributed by atoms with Crippen LogP contribution in [-0.4, -0.2) is 25.6 Å². The molecule has 6 nitrogen and oxygen atoms in total. The number of carbonyl (C=O) groups is 2. The Morgan fingerprint density at radius 1 is 1.15 bits per heavy atom. The highest BCUT2D eigenvalue weighted by atomic mass is 16.5. The number of carbonyl (C=O) groups excluding carboxylic acids is 2. The molecule has 0 spiro atoms. The van der Waals surface area contributed by atoms with Gasteiger partial charge in [-0.25, -0.2) is 0 Å². The average Bonchev–Trinajstić information content (AvgIpc) is 3.02. The van der Waals surface area contributed by atoms with E-state index in [9.17, 15) is 9.59 Å². The SMILES string of the molecule is COc1ccccc1NC(=O)COC(=O)Cc1coc2cc(C)ccc12. The van der Waals surface area contributed by atoms with Crippen molar-refractivity contribution < 1.29 is 23.5 Å². The topological polar surface area (TPSA) is 77.8 Å². The van der Waals surface area contributed by atoms with Crippen LogP contribution >= 0.6 is 0 Å². The number of hydrogen-bond acceptors (Lipinski definition) is 5. The fourth-order valence-corrected chi connectivity index (χ4v) is 2.61. The molecule has 1 aromatic heterocycles. The third kappa shape index (κ3) is 4.03. The highest BCUT2D eigenvalue weighted by Gasteiger charge is 2.14. The van der Waals surface area contributed by atoms with E-state index in [2.05, 4.69) is 5.32 Å². The smallest absolute Gasteiger partial charge is 0.310 e. The lowest BCUT2D eigenvalue weighted by molar-refractivity contribution is -0.146. The van der Waals surface area contributed by atoms with Crippen molar-refractivity contribution in [2.45, 2.75) is 13.3 Å². The lowest BCUT2D eigenvalue weighted by Gasteiger charge is -2.10. The number of amides is 1. The maximum absolute atomic E-state index is 12.0. The van der Waals surface area contributed by atoms with E-state index in [1.54, 1.807) is 30.5 Å². The first kappa shape index (κ1) is 17.5. The van der Waals surface area contributed by atoms with Crippen LogP contribution in [0.2, 0.25) is 0 Å². The number of para-hydroxylation sites is 2. The van der Waals surface area contributed by atoms with Gasteiger partial charge in [-0.15, -0.1) is 0 Å². The number of esters is 1. The first-order valence-corrected chi connectivity index (χ1v) is 8.12. The van der Waals surface area contributed by atoms with Crippen LogP contribution in [0, 0.1) is 6.92 Å². The Morgan fingerprint density at radius 2 is 1.96 bits per heavy atom. The van der Waals surface area contributed by atoms with E-state index in [1.165, 1.54) is 7.11 Å². The normalized spacial score (nSPS) is 10.5. The van der Waals surface area contributed by atoms with Gasteiger partial charge in [0.1, 0.15) is 11.3 Å². The molecule has 1 N–H and O–H groups in total. The van der Waals surface area contributed by atoms with Crippen molar-refractivity contribution in [3.63, 3.8) is 0 Å². The molecular weight excluding hydrogens is 334 g/mol. The zero-order chi connectivity index (χ0) is 18.5. The first-order valence-electron chi connectivity index (χ1n) is 8.12. The van der Waals surface area contributed by atoms with Crippen molar-refractivity contribution in [3.8, 4) is 5.75 Å². The molecule has 0 unspecified atom stereocenters. The second-order valence-corrected chi connectivity index (χ2v) is 5.85. The third-order valence-corrected chi connectivity index (χ3v) is 3.89. The minimum absolute atomic E-state index is 0.0397. The molecule has 26 heavy (non-hydrogen) atoms. The van der Waals surface area contributed by atoms with E-state index in [1.807, 2.05) is 25.1 Å². The highest BCUT2D eigenvalue weighted by molar-refractivity contribution is 5.94. The molecule has 1 heterocycles. The van der Waals surface area contributed by atoms with E-state index in [0.29, 0.717) is 11.4 Å². The summed E-state index contributed by atoms with van der Waals surface area (Å²) in [5.41, 5.74) is 3.05. The molecule has 3 rings (SSSR count). The minimum atomic E-state index is -0.497. The summed E-state index contributed by atoms with van der Waals surface area (Å²) in [6, 6.07) is 12.8. The zero-order valence-electron chi connectivity index (χ0n) is 14.6. The molecule has 0 fully saturated rings. The molecule has 0 saturated heterocycles. The van der Waals surface area contributed by atoms with Gasteiger partial charge in [0.05, 0.1) is 25.5 Å². The molecule has 6 heteroatoms. The number of furan rings is 1. The number of anilines is 1.